The van der Waals surface area contributed by atoms with E-state index in [4.69, 9.17) is 26.1 Å². The Kier molecular flexibility index (Phi) is 6.17. The van der Waals surface area contributed by atoms with E-state index in [1.165, 1.54) is 0 Å². The molecule has 9 nitrogen and oxygen atoms in total. The number of rotatable bonds is 5. The monoisotopic (exact) mass is 422 g/mol. The van der Waals surface area contributed by atoms with Crippen molar-refractivity contribution in [2.45, 2.75) is 39.3 Å². The molecule has 4 heterocycles. The number of carbonyl (C=O) groups is 1. The summed E-state index contributed by atoms with van der Waals surface area (Å²) in [6, 6.07) is 0. The number of halogens is 1. The average molecular weight is 423 g/mol. The van der Waals surface area contributed by atoms with E-state index in [0.29, 0.717) is 68.8 Å². The molecule has 0 aliphatic carbocycles. The van der Waals surface area contributed by atoms with Crippen LogP contribution in [0.5, 0.6) is 0 Å². The highest BCUT2D eigenvalue weighted by Gasteiger charge is 2.31. The first-order chi connectivity index (χ1) is 14.1. The Balaban J connectivity index is 1.89. The van der Waals surface area contributed by atoms with Crippen molar-refractivity contribution >= 4 is 34.5 Å². The summed E-state index contributed by atoms with van der Waals surface area (Å²) < 4.78 is 13.3. The second-order valence-corrected chi connectivity index (χ2v) is 7.53. The third-order valence-corrected chi connectivity index (χ3v) is 5.66. The van der Waals surface area contributed by atoms with Crippen molar-refractivity contribution in [1.29, 1.82) is 0 Å². The van der Waals surface area contributed by atoms with Crippen molar-refractivity contribution in [3.8, 4) is 0 Å². The quantitative estimate of drug-likeness (QED) is 0.684. The first-order valence-electron chi connectivity index (χ1n) is 10.3. The average Bonchev–Trinajstić information content (AvgIpc) is 3.14. The van der Waals surface area contributed by atoms with Crippen LogP contribution < -0.4 is 4.90 Å². The van der Waals surface area contributed by atoms with Gasteiger partial charge in [-0.15, -0.1) is 0 Å². The molecule has 2 aliphatic heterocycles. The molecule has 0 aromatic carbocycles. The molecule has 4 rings (SSSR count). The minimum absolute atomic E-state index is 0.133. The molecular formula is C19H27ClN6O3. The van der Waals surface area contributed by atoms with Gasteiger partial charge < -0.3 is 19.3 Å². The second kappa shape index (κ2) is 8.81. The molecule has 158 valence electrons. The molecule has 0 bridgehead atoms. The number of ether oxygens (including phenoxy) is 2. The number of hydrogen-bond donors (Lipinski definition) is 0. The lowest BCUT2D eigenvalue weighted by Crippen LogP contribution is -2.37. The van der Waals surface area contributed by atoms with Crippen LogP contribution in [0.25, 0.3) is 11.2 Å². The number of amides is 1. The molecule has 2 fully saturated rings. The minimum Gasteiger partial charge on any atom is -0.378 e. The van der Waals surface area contributed by atoms with E-state index in [1.54, 1.807) is 4.90 Å². The molecule has 10 heteroatoms. The number of imidazole rings is 1. The van der Waals surface area contributed by atoms with Crippen molar-refractivity contribution in [1.82, 2.24) is 24.4 Å². The highest BCUT2D eigenvalue weighted by molar-refractivity contribution is 6.28. The van der Waals surface area contributed by atoms with Crippen molar-refractivity contribution in [3.05, 3.63) is 11.1 Å². The Bertz CT molecular complexity index is 872. The third kappa shape index (κ3) is 3.91. The lowest BCUT2D eigenvalue weighted by atomic mass is 10.2. The number of morpholine rings is 1. The Labute approximate surface area is 175 Å². The van der Waals surface area contributed by atoms with Crippen molar-refractivity contribution in [2.75, 3.05) is 50.9 Å². The van der Waals surface area contributed by atoms with Crippen LogP contribution in [0, 0.1) is 0 Å². The lowest BCUT2D eigenvalue weighted by molar-refractivity contribution is -0.0313. The van der Waals surface area contributed by atoms with E-state index in [0.717, 1.165) is 19.3 Å². The van der Waals surface area contributed by atoms with E-state index in [-0.39, 0.29) is 17.4 Å². The van der Waals surface area contributed by atoms with Gasteiger partial charge in [0.15, 0.2) is 17.0 Å². The zero-order valence-electron chi connectivity index (χ0n) is 16.9. The standard InChI is InChI=1S/C19H27ClN6O3/c1-3-24(4-2)18(27)17-21-14-15(25-8-11-28-12-9-25)22-19(20)23-16(14)26(17)13-7-5-6-10-29-13/h13H,3-12H2,1-2H3. The van der Waals surface area contributed by atoms with Crippen LogP contribution in [-0.2, 0) is 9.47 Å². The van der Waals surface area contributed by atoms with Crippen molar-refractivity contribution < 1.29 is 14.3 Å². The van der Waals surface area contributed by atoms with Crippen molar-refractivity contribution in [3.63, 3.8) is 0 Å². The Morgan fingerprint density at radius 1 is 1.14 bits per heavy atom. The van der Waals surface area contributed by atoms with E-state index < -0.39 is 0 Å². The van der Waals surface area contributed by atoms with Gasteiger partial charge in [0.25, 0.3) is 5.91 Å². The smallest absolute Gasteiger partial charge is 0.290 e. The molecule has 0 saturated carbocycles. The summed E-state index contributed by atoms with van der Waals surface area (Å²) >= 11 is 6.30. The van der Waals surface area contributed by atoms with Gasteiger partial charge >= 0.3 is 0 Å². The molecular weight excluding hydrogens is 396 g/mol. The predicted molar refractivity (Wildman–Crippen MR) is 109 cm³/mol. The molecule has 29 heavy (non-hydrogen) atoms. The van der Waals surface area contributed by atoms with Crippen LogP contribution in [0.1, 0.15) is 50.0 Å². The largest absolute Gasteiger partial charge is 0.378 e. The van der Waals surface area contributed by atoms with Gasteiger partial charge in [-0.05, 0) is 44.7 Å². The fourth-order valence-corrected chi connectivity index (χ4v) is 4.09. The lowest BCUT2D eigenvalue weighted by Gasteiger charge is -2.28. The summed E-state index contributed by atoms with van der Waals surface area (Å²) in [5.74, 6) is 0.847. The molecule has 0 radical (unpaired) electrons. The second-order valence-electron chi connectivity index (χ2n) is 7.19. The van der Waals surface area contributed by atoms with Crippen LogP contribution in [-0.4, -0.2) is 76.3 Å². The summed E-state index contributed by atoms with van der Waals surface area (Å²) in [6.07, 6.45) is 2.56. The van der Waals surface area contributed by atoms with Gasteiger partial charge in [0.1, 0.15) is 6.23 Å². The van der Waals surface area contributed by atoms with Gasteiger partial charge in [0.05, 0.1) is 13.2 Å². The van der Waals surface area contributed by atoms with E-state index in [2.05, 4.69) is 14.9 Å². The van der Waals surface area contributed by atoms with Crippen LogP contribution in [0.4, 0.5) is 5.82 Å². The third-order valence-electron chi connectivity index (χ3n) is 5.49. The number of hydrogen-bond acceptors (Lipinski definition) is 7. The van der Waals surface area contributed by atoms with Gasteiger partial charge in [-0.2, -0.15) is 9.97 Å². The molecule has 2 saturated heterocycles. The maximum Gasteiger partial charge on any atom is 0.290 e. The number of carbonyl (C=O) groups excluding carboxylic acids is 1. The number of fused-ring (bicyclic) bond motifs is 1. The normalized spacial score (nSPS) is 20.2. The minimum atomic E-state index is -0.285. The first-order valence-corrected chi connectivity index (χ1v) is 10.7. The predicted octanol–water partition coefficient (Wildman–Crippen LogP) is 2.50. The Morgan fingerprint density at radius 2 is 1.90 bits per heavy atom. The molecule has 1 atom stereocenters. The molecule has 0 spiro atoms. The fraction of sp³-hybridized carbons (Fsp3) is 0.684. The molecule has 2 aliphatic rings. The Morgan fingerprint density at radius 3 is 2.55 bits per heavy atom. The van der Waals surface area contributed by atoms with Gasteiger partial charge in [0, 0.05) is 32.8 Å². The summed E-state index contributed by atoms with van der Waals surface area (Å²) in [4.78, 5) is 30.8. The van der Waals surface area contributed by atoms with E-state index >= 15 is 0 Å². The van der Waals surface area contributed by atoms with Gasteiger partial charge in [-0.1, -0.05) is 0 Å². The highest BCUT2D eigenvalue weighted by Crippen LogP contribution is 2.32. The zero-order valence-corrected chi connectivity index (χ0v) is 17.7. The maximum absolute atomic E-state index is 13.3. The van der Waals surface area contributed by atoms with E-state index in [9.17, 15) is 4.79 Å². The molecule has 1 unspecified atom stereocenters. The van der Waals surface area contributed by atoms with Crippen LogP contribution in [0.3, 0.4) is 0 Å². The van der Waals surface area contributed by atoms with Crippen LogP contribution in [0.15, 0.2) is 0 Å². The highest BCUT2D eigenvalue weighted by atomic mass is 35.5. The summed E-state index contributed by atoms with van der Waals surface area (Å²) in [7, 11) is 0. The molecule has 2 aromatic heterocycles. The van der Waals surface area contributed by atoms with E-state index in [1.807, 2.05) is 18.4 Å². The topological polar surface area (TPSA) is 85.6 Å². The first kappa shape index (κ1) is 20.3. The Hall–Kier alpha value is -1.97. The number of aromatic nitrogens is 4. The maximum atomic E-state index is 13.3. The van der Waals surface area contributed by atoms with Gasteiger partial charge in [0.2, 0.25) is 11.1 Å². The molecule has 1 amide bonds. The SMILES string of the molecule is CCN(CC)C(=O)c1nc2c(N3CCOCC3)nc(Cl)nc2n1C1CCCCO1. The molecule has 2 aromatic rings. The van der Waals surface area contributed by atoms with Crippen molar-refractivity contribution in [2.24, 2.45) is 0 Å². The van der Waals surface area contributed by atoms with Crippen LogP contribution in [0.2, 0.25) is 5.28 Å². The molecule has 0 N–H and O–H groups in total. The number of nitrogens with zero attached hydrogens (tertiary/aromatic N) is 6. The van der Waals surface area contributed by atoms with Gasteiger partial charge in [-0.25, -0.2) is 4.98 Å². The zero-order chi connectivity index (χ0) is 20.4. The number of anilines is 1. The summed E-state index contributed by atoms with van der Waals surface area (Å²) in [6.45, 7) is 8.38. The summed E-state index contributed by atoms with van der Waals surface area (Å²) in [5, 5.41) is 0.137. The fourth-order valence-electron chi connectivity index (χ4n) is 3.93. The van der Waals surface area contributed by atoms with Crippen LogP contribution >= 0.6 is 11.6 Å². The van der Waals surface area contributed by atoms with Gasteiger partial charge in [-0.3, -0.25) is 9.36 Å². The summed E-state index contributed by atoms with van der Waals surface area (Å²) in [5.41, 5.74) is 1.13.